The van der Waals surface area contributed by atoms with E-state index in [0.29, 0.717) is 18.0 Å². The zero-order chi connectivity index (χ0) is 20.1. The van der Waals surface area contributed by atoms with Gasteiger partial charge in [-0.1, -0.05) is 24.3 Å². The summed E-state index contributed by atoms with van der Waals surface area (Å²) in [5.74, 6) is 0.440. The summed E-state index contributed by atoms with van der Waals surface area (Å²) in [5.41, 5.74) is 0.672. The third-order valence-electron chi connectivity index (χ3n) is 5.38. The Morgan fingerprint density at radius 2 is 1.86 bits per heavy atom. The molecular weight excluding hydrogens is 376 g/mol. The molecule has 148 valence electrons. The normalized spacial score (nSPS) is 25.2. The molecule has 2 aliphatic rings. The molecule has 2 aromatic carbocycles. The monoisotopic (exact) mass is 400 g/mol. The van der Waals surface area contributed by atoms with Gasteiger partial charge in [0.15, 0.2) is 22.3 Å². The van der Waals surface area contributed by atoms with E-state index in [1.807, 2.05) is 24.3 Å². The second-order valence-electron chi connectivity index (χ2n) is 8.09. The summed E-state index contributed by atoms with van der Waals surface area (Å²) >= 11 is 5.43. The Bertz CT molecular complexity index is 946. The van der Waals surface area contributed by atoms with Gasteiger partial charge in [0.1, 0.15) is 5.75 Å². The van der Waals surface area contributed by atoms with E-state index < -0.39 is 5.72 Å². The van der Waals surface area contributed by atoms with Gasteiger partial charge in [0.25, 0.3) is 0 Å². The quantitative estimate of drug-likeness (QED) is 0.454. The van der Waals surface area contributed by atoms with Crippen molar-refractivity contribution >= 4 is 17.3 Å². The third-order valence-corrected chi connectivity index (χ3v) is 5.59. The van der Waals surface area contributed by atoms with Crippen LogP contribution in [0.1, 0.15) is 43.7 Å². The number of benzene rings is 2. The molecule has 2 atom stereocenters. The molecule has 4 N–H and O–H groups in total. The molecule has 1 fully saturated rings. The van der Waals surface area contributed by atoms with Crippen molar-refractivity contribution in [3.05, 3.63) is 47.5 Å². The van der Waals surface area contributed by atoms with Crippen molar-refractivity contribution in [3.63, 3.8) is 0 Å². The van der Waals surface area contributed by atoms with Crippen LogP contribution in [-0.2, 0) is 0 Å². The molecule has 7 heteroatoms. The van der Waals surface area contributed by atoms with E-state index in [1.165, 1.54) is 6.07 Å². The van der Waals surface area contributed by atoms with Crippen LogP contribution in [0.3, 0.4) is 0 Å². The Labute approximate surface area is 169 Å². The minimum absolute atomic E-state index is 0.115. The zero-order valence-electron chi connectivity index (χ0n) is 16.1. The number of fused-ring (bicyclic) bond motifs is 1. The smallest absolute Gasteiger partial charge is 0.200 e. The minimum atomic E-state index is -0.824. The van der Waals surface area contributed by atoms with Crippen LogP contribution in [0.5, 0.6) is 23.0 Å². The maximum absolute atomic E-state index is 10.6. The largest absolute Gasteiger partial charge is 0.504 e. The highest BCUT2D eigenvalue weighted by Gasteiger charge is 2.49. The van der Waals surface area contributed by atoms with Gasteiger partial charge < -0.3 is 30.3 Å². The number of ether oxygens (including phenoxy) is 2. The van der Waals surface area contributed by atoms with Crippen LogP contribution in [0.4, 0.5) is 0 Å². The van der Waals surface area contributed by atoms with Gasteiger partial charge in [-0.15, -0.1) is 0 Å². The predicted octanol–water partition coefficient (Wildman–Crippen LogP) is 3.36. The van der Waals surface area contributed by atoms with Crippen molar-refractivity contribution in [2.75, 3.05) is 7.11 Å². The van der Waals surface area contributed by atoms with E-state index in [9.17, 15) is 10.2 Å². The van der Waals surface area contributed by atoms with Crippen molar-refractivity contribution in [2.24, 2.45) is 0 Å². The number of para-hydroxylation sites is 1. The summed E-state index contributed by atoms with van der Waals surface area (Å²) in [5, 5.41) is 27.7. The highest BCUT2D eigenvalue weighted by molar-refractivity contribution is 7.80. The molecule has 2 aliphatic heterocycles. The van der Waals surface area contributed by atoms with Crippen molar-refractivity contribution < 1.29 is 19.7 Å². The predicted molar refractivity (Wildman–Crippen MR) is 110 cm³/mol. The number of phenols is 2. The van der Waals surface area contributed by atoms with E-state index >= 15 is 0 Å². The summed E-state index contributed by atoms with van der Waals surface area (Å²) in [6.45, 7) is 4.11. The average Bonchev–Trinajstić information content (AvgIpc) is 2.62. The minimum Gasteiger partial charge on any atom is -0.504 e. The van der Waals surface area contributed by atoms with E-state index in [-0.39, 0.29) is 28.7 Å². The SMILES string of the molecule is COc1ccccc1C1CC2(CC(C)(C)NC(=S)N2)Oc2c1ccc(O)c2O. The lowest BCUT2D eigenvalue weighted by atomic mass is 9.77. The summed E-state index contributed by atoms with van der Waals surface area (Å²) in [6.07, 6.45) is 1.20. The Morgan fingerprint density at radius 3 is 2.57 bits per heavy atom. The van der Waals surface area contributed by atoms with E-state index in [1.54, 1.807) is 13.2 Å². The van der Waals surface area contributed by atoms with Crippen molar-refractivity contribution in [3.8, 4) is 23.0 Å². The van der Waals surface area contributed by atoms with Gasteiger partial charge in [-0.3, -0.25) is 0 Å². The van der Waals surface area contributed by atoms with Gasteiger partial charge in [0, 0.05) is 35.4 Å². The standard InChI is InChI=1S/C21H24N2O4S/c1-20(2)11-21(23-19(28)22-20)10-14(12-6-4-5-7-16(12)26-3)13-8-9-15(24)17(25)18(13)27-21/h4-9,14,24-25H,10-11H2,1-3H3,(H2,22,23,28). The fourth-order valence-corrected chi connectivity index (χ4v) is 4.86. The first kappa shape index (κ1) is 18.7. The second kappa shape index (κ2) is 6.44. The number of hydrogen-bond donors (Lipinski definition) is 4. The van der Waals surface area contributed by atoms with Crippen LogP contribution < -0.4 is 20.1 Å². The summed E-state index contributed by atoms with van der Waals surface area (Å²) in [7, 11) is 1.64. The first-order chi connectivity index (χ1) is 13.2. The highest BCUT2D eigenvalue weighted by atomic mass is 32.1. The zero-order valence-corrected chi connectivity index (χ0v) is 16.9. The van der Waals surface area contributed by atoms with Crippen LogP contribution in [0.15, 0.2) is 36.4 Å². The van der Waals surface area contributed by atoms with Crippen LogP contribution in [-0.4, -0.2) is 33.7 Å². The summed E-state index contributed by atoms with van der Waals surface area (Å²) < 4.78 is 11.9. The number of rotatable bonds is 2. The van der Waals surface area contributed by atoms with Crippen LogP contribution in [0, 0.1) is 0 Å². The van der Waals surface area contributed by atoms with E-state index in [4.69, 9.17) is 21.7 Å². The topological polar surface area (TPSA) is 83.0 Å². The highest BCUT2D eigenvalue weighted by Crippen LogP contribution is 2.53. The van der Waals surface area contributed by atoms with Gasteiger partial charge in [-0.25, -0.2) is 0 Å². The first-order valence-electron chi connectivity index (χ1n) is 9.21. The lowest BCUT2D eigenvalue weighted by molar-refractivity contribution is -0.0151. The molecular formula is C21H24N2O4S. The lowest BCUT2D eigenvalue weighted by Crippen LogP contribution is -2.69. The molecule has 0 radical (unpaired) electrons. The molecule has 0 amide bonds. The van der Waals surface area contributed by atoms with Crippen molar-refractivity contribution in [2.45, 2.75) is 43.9 Å². The maximum atomic E-state index is 10.6. The molecule has 1 saturated heterocycles. The molecule has 2 aromatic rings. The first-order valence-corrected chi connectivity index (χ1v) is 9.61. The van der Waals surface area contributed by atoms with Gasteiger partial charge in [-0.05, 0) is 38.2 Å². The molecule has 0 bridgehead atoms. The number of aromatic hydroxyl groups is 2. The second-order valence-corrected chi connectivity index (χ2v) is 8.49. The molecule has 6 nitrogen and oxygen atoms in total. The summed E-state index contributed by atoms with van der Waals surface area (Å²) in [4.78, 5) is 0. The number of phenolic OH excluding ortho intramolecular Hbond substituents is 2. The summed E-state index contributed by atoms with van der Waals surface area (Å²) in [6, 6.07) is 11.1. The molecule has 0 aromatic heterocycles. The number of methoxy groups -OCH3 is 1. The number of hydrogen-bond acceptors (Lipinski definition) is 5. The van der Waals surface area contributed by atoms with Gasteiger partial charge in [0.2, 0.25) is 5.75 Å². The Hall–Kier alpha value is -2.67. The lowest BCUT2D eigenvalue weighted by Gasteiger charge is -2.50. The third kappa shape index (κ3) is 3.09. The van der Waals surface area contributed by atoms with E-state index in [0.717, 1.165) is 16.9 Å². The molecule has 4 rings (SSSR count). The molecule has 2 heterocycles. The number of thiocarbonyl (C=S) groups is 1. The van der Waals surface area contributed by atoms with Crippen LogP contribution in [0.2, 0.25) is 0 Å². The average molecular weight is 401 g/mol. The molecule has 0 aliphatic carbocycles. The van der Waals surface area contributed by atoms with Crippen LogP contribution in [0.25, 0.3) is 0 Å². The van der Waals surface area contributed by atoms with Gasteiger partial charge in [0.05, 0.1) is 7.11 Å². The Morgan fingerprint density at radius 1 is 1.11 bits per heavy atom. The van der Waals surface area contributed by atoms with Crippen LogP contribution >= 0.6 is 12.2 Å². The van der Waals surface area contributed by atoms with Crippen molar-refractivity contribution in [1.29, 1.82) is 0 Å². The Balaban J connectivity index is 1.89. The number of nitrogens with one attached hydrogen (secondary N) is 2. The molecule has 2 unspecified atom stereocenters. The fraction of sp³-hybridized carbons (Fsp3) is 0.381. The van der Waals surface area contributed by atoms with Gasteiger partial charge in [-0.2, -0.15) is 0 Å². The van der Waals surface area contributed by atoms with Gasteiger partial charge >= 0.3 is 0 Å². The molecule has 28 heavy (non-hydrogen) atoms. The van der Waals surface area contributed by atoms with E-state index in [2.05, 4.69) is 24.5 Å². The molecule has 0 saturated carbocycles. The maximum Gasteiger partial charge on any atom is 0.200 e. The fourth-order valence-electron chi connectivity index (χ4n) is 4.40. The van der Waals surface area contributed by atoms with Crippen molar-refractivity contribution in [1.82, 2.24) is 10.6 Å². The Kier molecular flexibility index (Phi) is 4.30. The molecule has 1 spiro atoms.